The van der Waals surface area contributed by atoms with Crippen LogP contribution >= 0.6 is 0 Å². The predicted molar refractivity (Wildman–Crippen MR) is 76.8 cm³/mol. The Balaban J connectivity index is 2.11. The van der Waals surface area contributed by atoms with E-state index >= 15 is 0 Å². The molecule has 0 aromatic rings. The number of hydrogen-bond donors (Lipinski definition) is 4. The highest BCUT2D eigenvalue weighted by Crippen LogP contribution is 2.07. The van der Waals surface area contributed by atoms with Crippen LogP contribution in [0.15, 0.2) is 0 Å². The molecule has 116 valence electrons. The monoisotopic (exact) mass is 286 g/mol. The van der Waals surface area contributed by atoms with Gasteiger partial charge < -0.3 is 26.0 Å². The van der Waals surface area contributed by atoms with Crippen molar-refractivity contribution in [1.29, 1.82) is 0 Å². The van der Waals surface area contributed by atoms with Crippen molar-refractivity contribution in [2.24, 2.45) is 0 Å². The van der Waals surface area contributed by atoms with Crippen molar-refractivity contribution >= 4 is 12.0 Å². The maximum atomic E-state index is 11.7. The lowest BCUT2D eigenvalue weighted by Crippen LogP contribution is -2.50. The van der Waals surface area contributed by atoms with Gasteiger partial charge in [-0.05, 0) is 26.8 Å². The number of carboxylic acids is 1. The van der Waals surface area contributed by atoms with Gasteiger partial charge in [-0.15, -0.1) is 0 Å². The zero-order valence-corrected chi connectivity index (χ0v) is 12.4. The maximum Gasteiger partial charge on any atom is 0.315 e. The highest BCUT2D eigenvalue weighted by molar-refractivity contribution is 5.76. The second-order valence-electron chi connectivity index (χ2n) is 5.78. The average Bonchev–Trinajstić information content (AvgIpc) is 2.33. The molecule has 1 saturated heterocycles. The molecule has 0 bridgehead atoms. The van der Waals surface area contributed by atoms with E-state index in [1.54, 1.807) is 13.8 Å². The fourth-order valence-corrected chi connectivity index (χ4v) is 2.21. The molecule has 0 unspecified atom stereocenters. The molecule has 0 aromatic heterocycles. The Morgan fingerprint density at radius 2 is 1.95 bits per heavy atom. The van der Waals surface area contributed by atoms with Gasteiger partial charge in [0.1, 0.15) is 0 Å². The molecule has 1 fully saturated rings. The number of aliphatic carboxylic acids is 1. The fourth-order valence-electron chi connectivity index (χ4n) is 2.21. The topological polar surface area (TPSA) is 93.7 Å². The Bertz CT molecular complexity index is 328. The summed E-state index contributed by atoms with van der Waals surface area (Å²) in [6, 6.07) is -0.309. The summed E-state index contributed by atoms with van der Waals surface area (Å²) in [6.45, 7) is 9.12. The molecule has 4 N–H and O–H groups in total. The Labute approximate surface area is 120 Å². The van der Waals surface area contributed by atoms with Crippen LogP contribution in [-0.2, 0) is 4.79 Å². The number of piperazine rings is 1. The van der Waals surface area contributed by atoms with Crippen molar-refractivity contribution < 1.29 is 14.7 Å². The molecule has 7 nitrogen and oxygen atoms in total. The van der Waals surface area contributed by atoms with Crippen LogP contribution in [0.5, 0.6) is 0 Å². The number of carboxylic acid groups (broad SMARTS) is 1. The van der Waals surface area contributed by atoms with Crippen LogP contribution in [0.3, 0.4) is 0 Å². The molecule has 2 amide bonds. The van der Waals surface area contributed by atoms with Crippen molar-refractivity contribution in [2.75, 3.05) is 39.3 Å². The van der Waals surface area contributed by atoms with E-state index in [0.717, 1.165) is 39.1 Å². The molecule has 0 aliphatic carbocycles. The molecule has 1 aliphatic rings. The van der Waals surface area contributed by atoms with Gasteiger partial charge in [-0.2, -0.15) is 0 Å². The molecule has 0 radical (unpaired) electrons. The van der Waals surface area contributed by atoms with Gasteiger partial charge in [0.05, 0.1) is 6.42 Å². The Kier molecular flexibility index (Phi) is 6.74. The van der Waals surface area contributed by atoms with Gasteiger partial charge in [0.15, 0.2) is 0 Å². The van der Waals surface area contributed by atoms with Crippen LogP contribution < -0.4 is 16.0 Å². The molecule has 20 heavy (non-hydrogen) atoms. The second kappa shape index (κ2) is 8.06. The van der Waals surface area contributed by atoms with Crippen molar-refractivity contribution in [1.82, 2.24) is 20.9 Å². The molecule has 1 rings (SSSR count). The summed E-state index contributed by atoms with van der Waals surface area (Å²) in [5.74, 6) is -0.922. The largest absolute Gasteiger partial charge is 0.481 e. The second-order valence-corrected chi connectivity index (χ2v) is 5.78. The van der Waals surface area contributed by atoms with Gasteiger partial charge in [-0.1, -0.05) is 0 Å². The van der Waals surface area contributed by atoms with E-state index in [9.17, 15) is 9.59 Å². The Morgan fingerprint density at radius 3 is 2.55 bits per heavy atom. The first kappa shape index (κ1) is 16.7. The van der Waals surface area contributed by atoms with Crippen molar-refractivity contribution in [3.63, 3.8) is 0 Å². The highest BCUT2D eigenvalue weighted by atomic mass is 16.4. The predicted octanol–water partition coefficient (Wildman–Crippen LogP) is -0.166. The quantitative estimate of drug-likeness (QED) is 0.488. The van der Waals surface area contributed by atoms with Gasteiger partial charge in [0.25, 0.3) is 0 Å². The third kappa shape index (κ3) is 7.30. The van der Waals surface area contributed by atoms with Crippen LogP contribution in [0.2, 0.25) is 0 Å². The third-order valence-electron chi connectivity index (χ3n) is 3.19. The van der Waals surface area contributed by atoms with Crippen LogP contribution in [0.4, 0.5) is 4.79 Å². The minimum atomic E-state index is -0.922. The van der Waals surface area contributed by atoms with Crippen molar-refractivity contribution in [2.45, 2.75) is 32.2 Å². The van der Waals surface area contributed by atoms with Crippen molar-refractivity contribution in [3.05, 3.63) is 0 Å². The van der Waals surface area contributed by atoms with Gasteiger partial charge in [0.2, 0.25) is 0 Å². The van der Waals surface area contributed by atoms with E-state index in [0.29, 0.717) is 6.54 Å². The number of nitrogens with one attached hydrogen (secondary N) is 3. The third-order valence-corrected chi connectivity index (χ3v) is 3.19. The van der Waals surface area contributed by atoms with E-state index in [4.69, 9.17) is 5.11 Å². The molecular weight excluding hydrogens is 260 g/mol. The summed E-state index contributed by atoms with van der Waals surface area (Å²) < 4.78 is 0. The Morgan fingerprint density at radius 1 is 1.30 bits per heavy atom. The molecule has 0 aromatic carbocycles. The fraction of sp³-hybridized carbons (Fsp3) is 0.846. The highest BCUT2D eigenvalue weighted by Gasteiger charge is 2.23. The minimum absolute atomic E-state index is 0.0960. The number of rotatable bonds is 7. The summed E-state index contributed by atoms with van der Waals surface area (Å²) >= 11 is 0. The average molecular weight is 286 g/mol. The number of urea groups is 1. The first-order valence-corrected chi connectivity index (χ1v) is 7.10. The molecular formula is C13H26N4O3. The molecule has 1 aliphatic heterocycles. The molecule has 0 saturated carbocycles. The molecule has 1 heterocycles. The van der Waals surface area contributed by atoms with E-state index in [1.807, 2.05) is 0 Å². The molecule has 0 atom stereocenters. The standard InChI is InChI=1S/C13H26N4O3/c1-13(2,10-11(18)19)16-12(20)15-4-3-7-17-8-5-14-6-9-17/h14H,3-10H2,1-2H3,(H,18,19)(H2,15,16,20). The van der Waals surface area contributed by atoms with E-state index < -0.39 is 11.5 Å². The number of nitrogens with zero attached hydrogens (tertiary/aromatic N) is 1. The minimum Gasteiger partial charge on any atom is -0.481 e. The van der Waals surface area contributed by atoms with Crippen LogP contribution in [0, 0.1) is 0 Å². The van der Waals surface area contributed by atoms with E-state index in [2.05, 4.69) is 20.9 Å². The summed E-state index contributed by atoms with van der Waals surface area (Å²) in [4.78, 5) is 24.7. The lowest BCUT2D eigenvalue weighted by Gasteiger charge is -2.27. The SMILES string of the molecule is CC(C)(CC(=O)O)NC(=O)NCCCN1CCNCC1. The van der Waals surface area contributed by atoms with E-state index in [-0.39, 0.29) is 12.5 Å². The zero-order chi connectivity index (χ0) is 15.0. The van der Waals surface area contributed by atoms with Gasteiger partial charge in [0, 0.05) is 38.3 Å². The summed E-state index contributed by atoms with van der Waals surface area (Å²) in [5.41, 5.74) is -0.742. The van der Waals surface area contributed by atoms with Crippen molar-refractivity contribution in [3.8, 4) is 0 Å². The maximum absolute atomic E-state index is 11.7. The van der Waals surface area contributed by atoms with Crippen LogP contribution in [0.1, 0.15) is 26.7 Å². The first-order valence-electron chi connectivity index (χ1n) is 7.10. The lowest BCUT2D eigenvalue weighted by atomic mass is 10.0. The van der Waals surface area contributed by atoms with Crippen LogP contribution in [-0.4, -0.2) is 66.8 Å². The number of amides is 2. The summed E-state index contributed by atoms with van der Waals surface area (Å²) in [7, 11) is 0. The van der Waals surface area contributed by atoms with Crippen LogP contribution in [0.25, 0.3) is 0 Å². The van der Waals surface area contributed by atoms with Gasteiger partial charge >= 0.3 is 12.0 Å². The number of hydrogen-bond acceptors (Lipinski definition) is 4. The molecule has 0 spiro atoms. The summed E-state index contributed by atoms with van der Waals surface area (Å²) in [5, 5.41) is 17.5. The van der Waals surface area contributed by atoms with Gasteiger partial charge in [-0.25, -0.2) is 4.79 Å². The molecule has 7 heteroatoms. The smallest absolute Gasteiger partial charge is 0.315 e. The normalized spacial score (nSPS) is 16.7. The first-order chi connectivity index (χ1) is 9.39. The van der Waals surface area contributed by atoms with E-state index in [1.165, 1.54) is 0 Å². The number of carbonyl (C=O) groups excluding carboxylic acids is 1. The Hall–Kier alpha value is -1.34. The lowest BCUT2D eigenvalue weighted by molar-refractivity contribution is -0.138. The zero-order valence-electron chi connectivity index (χ0n) is 12.4. The summed E-state index contributed by atoms with van der Waals surface area (Å²) in [6.07, 6.45) is 0.800. The van der Waals surface area contributed by atoms with Gasteiger partial charge in [-0.3, -0.25) is 4.79 Å². The number of carbonyl (C=O) groups is 2.